The van der Waals surface area contributed by atoms with Gasteiger partial charge in [0.2, 0.25) is 5.91 Å². The van der Waals surface area contributed by atoms with E-state index in [0.29, 0.717) is 16.7 Å². The van der Waals surface area contributed by atoms with E-state index in [2.05, 4.69) is 9.97 Å². The molecule has 0 aliphatic carbocycles. The van der Waals surface area contributed by atoms with Gasteiger partial charge < -0.3 is 9.88 Å². The van der Waals surface area contributed by atoms with Gasteiger partial charge in [0.1, 0.15) is 5.82 Å². The predicted molar refractivity (Wildman–Crippen MR) is 108 cm³/mol. The highest BCUT2D eigenvalue weighted by molar-refractivity contribution is 5.95. The average molecular weight is 361 g/mol. The van der Waals surface area contributed by atoms with Crippen LogP contribution in [0.1, 0.15) is 32.2 Å². The topological polar surface area (TPSA) is 66.1 Å². The van der Waals surface area contributed by atoms with Gasteiger partial charge in [-0.2, -0.15) is 0 Å². The summed E-state index contributed by atoms with van der Waals surface area (Å²) in [4.78, 5) is 34.1. The van der Waals surface area contributed by atoms with Crippen LogP contribution in [-0.2, 0) is 11.3 Å². The minimum absolute atomic E-state index is 0.0332. The molecule has 0 atom stereocenters. The number of fused-ring (bicyclic) bond motifs is 1. The van der Waals surface area contributed by atoms with Gasteiger partial charge in [-0.25, -0.2) is 4.98 Å². The molecule has 138 valence electrons. The number of benzene rings is 2. The molecule has 0 spiro atoms. The molecule has 0 unspecified atom stereocenters. The molecule has 5 nitrogen and oxygen atoms in total. The summed E-state index contributed by atoms with van der Waals surface area (Å²) in [5.41, 5.74) is 2.34. The Morgan fingerprint density at radius 2 is 1.78 bits per heavy atom. The smallest absolute Gasteiger partial charge is 0.258 e. The Hall–Kier alpha value is -3.21. The van der Waals surface area contributed by atoms with E-state index < -0.39 is 0 Å². The average Bonchev–Trinajstić information content (AvgIpc) is 2.66. The van der Waals surface area contributed by atoms with E-state index in [-0.39, 0.29) is 24.1 Å². The maximum absolute atomic E-state index is 12.9. The largest absolute Gasteiger partial charge is 0.329 e. The van der Waals surface area contributed by atoms with Crippen molar-refractivity contribution in [3.8, 4) is 0 Å². The van der Waals surface area contributed by atoms with E-state index in [1.54, 1.807) is 29.2 Å². The quantitative estimate of drug-likeness (QED) is 0.704. The zero-order chi connectivity index (χ0) is 19.4. The lowest BCUT2D eigenvalue weighted by Gasteiger charge is -2.25. The van der Waals surface area contributed by atoms with Gasteiger partial charge in [-0.15, -0.1) is 0 Å². The van der Waals surface area contributed by atoms with Gasteiger partial charge in [0.05, 0.1) is 17.4 Å². The Morgan fingerprint density at radius 3 is 2.48 bits per heavy atom. The van der Waals surface area contributed by atoms with Crippen molar-refractivity contribution < 1.29 is 4.79 Å². The van der Waals surface area contributed by atoms with Crippen molar-refractivity contribution in [1.82, 2.24) is 14.9 Å². The number of allylic oxidation sites excluding steroid dienone is 1. The van der Waals surface area contributed by atoms with Gasteiger partial charge in [0.25, 0.3) is 5.56 Å². The van der Waals surface area contributed by atoms with Crippen molar-refractivity contribution in [3.63, 3.8) is 0 Å². The number of hydrogen-bond acceptors (Lipinski definition) is 3. The summed E-state index contributed by atoms with van der Waals surface area (Å²) in [5, 5.41) is 0.545. The lowest BCUT2D eigenvalue weighted by molar-refractivity contribution is -0.128. The number of para-hydroxylation sites is 1. The molecule has 0 fully saturated rings. The second kappa shape index (κ2) is 7.99. The molecular formula is C22H23N3O2. The molecular weight excluding hydrogens is 338 g/mol. The predicted octanol–water partition coefficient (Wildman–Crippen LogP) is 3.76. The number of aromatic nitrogens is 2. The molecule has 1 heterocycles. The molecule has 3 rings (SSSR count). The standard InChI is InChI=1S/C22H23N3O2/c1-15(2)25(21(26)13-16(3)17-9-5-4-6-10-17)14-20-23-19-12-8-7-11-18(19)22(27)24-20/h4-13,15H,14H2,1-3H3,(H,23,24,27)/b16-13+. The molecule has 27 heavy (non-hydrogen) atoms. The number of H-pyrrole nitrogens is 1. The Balaban J connectivity index is 1.88. The Labute approximate surface area is 158 Å². The third-order valence-corrected chi connectivity index (χ3v) is 4.46. The first kappa shape index (κ1) is 18.6. The van der Waals surface area contributed by atoms with Crippen LogP contribution in [0.2, 0.25) is 0 Å². The number of carbonyl (C=O) groups is 1. The van der Waals surface area contributed by atoms with Gasteiger partial charge in [-0.3, -0.25) is 9.59 Å². The first-order valence-corrected chi connectivity index (χ1v) is 8.98. The van der Waals surface area contributed by atoms with Crippen molar-refractivity contribution in [1.29, 1.82) is 0 Å². The van der Waals surface area contributed by atoms with Crippen LogP contribution in [0.15, 0.2) is 65.5 Å². The van der Waals surface area contributed by atoms with Crippen LogP contribution in [0.5, 0.6) is 0 Å². The summed E-state index contributed by atoms with van der Waals surface area (Å²) >= 11 is 0. The van der Waals surface area contributed by atoms with Crippen LogP contribution >= 0.6 is 0 Å². The molecule has 1 amide bonds. The molecule has 0 radical (unpaired) electrons. The molecule has 1 aromatic heterocycles. The molecule has 2 aromatic carbocycles. The highest BCUT2D eigenvalue weighted by atomic mass is 16.2. The fourth-order valence-corrected chi connectivity index (χ4v) is 2.94. The molecule has 1 N–H and O–H groups in total. The third-order valence-electron chi connectivity index (χ3n) is 4.46. The van der Waals surface area contributed by atoms with Crippen LogP contribution in [-0.4, -0.2) is 26.8 Å². The zero-order valence-electron chi connectivity index (χ0n) is 15.8. The van der Waals surface area contributed by atoms with Crippen LogP contribution in [0.25, 0.3) is 16.5 Å². The highest BCUT2D eigenvalue weighted by Crippen LogP contribution is 2.15. The molecule has 0 saturated heterocycles. The summed E-state index contributed by atoms with van der Waals surface area (Å²) in [7, 11) is 0. The lowest BCUT2D eigenvalue weighted by Crippen LogP contribution is -2.36. The number of hydrogen-bond donors (Lipinski definition) is 1. The van der Waals surface area contributed by atoms with E-state index in [4.69, 9.17) is 0 Å². The molecule has 0 saturated carbocycles. The molecule has 5 heteroatoms. The third kappa shape index (κ3) is 4.31. The fraction of sp³-hybridized carbons (Fsp3) is 0.227. The maximum Gasteiger partial charge on any atom is 0.258 e. The monoisotopic (exact) mass is 361 g/mol. The molecule has 0 aliphatic heterocycles. The number of nitrogens with one attached hydrogen (secondary N) is 1. The lowest BCUT2D eigenvalue weighted by atomic mass is 10.1. The SMILES string of the molecule is C/C(=C\C(=O)N(Cc1nc2ccccc2c(=O)[nH]1)C(C)C)c1ccccc1. The van der Waals surface area contributed by atoms with Crippen LogP contribution in [0, 0.1) is 0 Å². The fourth-order valence-electron chi connectivity index (χ4n) is 2.94. The summed E-state index contributed by atoms with van der Waals surface area (Å²) < 4.78 is 0. The highest BCUT2D eigenvalue weighted by Gasteiger charge is 2.17. The summed E-state index contributed by atoms with van der Waals surface area (Å²) in [5.74, 6) is 0.369. The van der Waals surface area contributed by atoms with Crippen molar-refractivity contribution >= 4 is 22.4 Å². The van der Waals surface area contributed by atoms with E-state index in [1.807, 2.05) is 57.2 Å². The molecule has 0 bridgehead atoms. The van der Waals surface area contributed by atoms with E-state index in [1.165, 1.54) is 0 Å². The molecule has 3 aromatic rings. The zero-order valence-corrected chi connectivity index (χ0v) is 15.8. The normalized spacial score (nSPS) is 11.8. The second-order valence-electron chi connectivity index (χ2n) is 6.78. The number of carbonyl (C=O) groups excluding carboxylic acids is 1. The van der Waals surface area contributed by atoms with E-state index in [9.17, 15) is 9.59 Å². The summed E-state index contributed by atoms with van der Waals surface area (Å²) in [6.07, 6.45) is 1.63. The van der Waals surface area contributed by atoms with Gasteiger partial charge in [-0.1, -0.05) is 42.5 Å². The van der Waals surface area contributed by atoms with E-state index in [0.717, 1.165) is 11.1 Å². The van der Waals surface area contributed by atoms with Crippen molar-refractivity contribution in [2.75, 3.05) is 0 Å². The first-order valence-electron chi connectivity index (χ1n) is 8.98. The maximum atomic E-state index is 12.9. The van der Waals surface area contributed by atoms with Crippen LogP contribution in [0.4, 0.5) is 0 Å². The first-order chi connectivity index (χ1) is 13.0. The molecule has 0 aliphatic rings. The van der Waals surface area contributed by atoms with Gasteiger partial charge in [0.15, 0.2) is 0 Å². The van der Waals surface area contributed by atoms with Crippen LogP contribution in [0.3, 0.4) is 0 Å². The minimum atomic E-state index is -0.192. The number of nitrogens with zero attached hydrogens (tertiary/aromatic N) is 2. The van der Waals surface area contributed by atoms with Crippen molar-refractivity contribution in [2.45, 2.75) is 33.4 Å². The summed E-state index contributed by atoms with van der Waals surface area (Å²) in [6, 6.07) is 16.9. The van der Waals surface area contributed by atoms with Gasteiger partial charge in [-0.05, 0) is 44.0 Å². The van der Waals surface area contributed by atoms with E-state index >= 15 is 0 Å². The Bertz CT molecular complexity index is 1040. The second-order valence-corrected chi connectivity index (χ2v) is 6.78. The Morgan fingerprint density at radius 1 is 1.11 bits per heavy atom. The minimum Gasteiger partial charge on any atom is -0.329 e. The number of rotatable bonds is 5. The number of aromatic amines is 1. The van der Waals surface area contributed by atoms with Crippen molar-refractivity contribution in [3.05, 3.63) is 82.4 Å². The van der Waals surface area contributed by atoms with Gasteiger partial charge in [0, 0.05) is 12.1 Å². The van der Waals surface area contributed by atoms with Crippen LogP contribution < -0.4 is 5.56 Å². The number of amides is 1. The van der Waals surface area contributed by atoms with Gasteiger partial charge >= 0.3 is 0 Å². The van der Waals surface area contributed by atoms with Crippen molar-refractivity contribution in [2.24, 2.45) is 0 Å². The Kier molecular flexibility index (Phi) is 5.50. The summed E-state index contributed by atoms with van der Waals surface area (Å²) in [6.45, 7) is 6.06.